The maximum absolute atomic E-state index is 12.2. The molecule has 1 atom stereocenters. The van der Waals surface area contributed by atoms with Crippen molar-refractivity contribution in [3.05, 3.63) is 0 Å². The summed E-state index contributed by atoms with van der Waals surface area (Å²) >= 11 is 0. The van der Waals surface area contributed by atoms with Crippen LogP contribution in [0.5, 0.6) is 0 Å². The molecule has 2 aliphatic heterocycles. The molecule has 2 amide bonds. The van der Waals surface area contributed by atoms with Crippen LogP contribution in [0.2, 0.25) is 0 Å². The van der Waals surface area contributed by atoms with Crippen molar-refractivity contribution in [2.75, 3.05) is 52.4 Å². The van der Waals surface area contributed by atoms with Crippen molar-refractivity contribution in [2.45, 2.75) is 13.3 Å². The minimum atomic E-state index is 0.0715. The van der Waals surface area contributed by atoms with Crippen molar-refractivity contribution in [1.29, 1.82) is 0 Å². The van der Waals surface area contributed by atoms with E-state index in [4.69, 9.17) is 0 Å². The molecule has 0 radical (unpaired) electrons. The first-order valence-corrected chi connectivity index (χ1v) is 7.19. The van der Waals surface area contributed by atoms with Gasteiger partial charge in [0.1, 0.15) is 0 Å². The third-order valence-electron chi connectivity index (χ3n) is 3.83. The van der Waals surface area contributed by atoms with E-state index in [1.54, 1.807) is 0 Å². The van der Waals surface area contributed by atoms with Crippen molar-refractivity contribution in [1.82, 2.24) is 20.4 Å². The molecule has 19 heavy (non-hydrogen) atoms. The van der Waals surface area contributed by atoms with E-state index in [0.717, 1.165) is 45.7 Å². The van der Waals surface area contributed by atoms with Crippen molar-refractivity contribution in [3.63, 3.8) is 0 Å². The van der Waals surface area contributed by atoms with Gasteiger partial charge in [-0.2, -0.15) is 0 Å². The molecule has 0 aliphatic carbocycles. The first-order valence-electron chi connectivity index (χ1n) is 7.19. The Morgan fingerprint density at radius 3 is 2.58 bits per heavy atom. The summed E-state index contributed by atoms with van der Waals surface area (Å²) in [7, 11) is 0. The highest BCUT2D eigenvalue weighted by molar-refractivity contribution is 5.80. The van der Waals surface area contributed by atoms with Crippen molar-refractivity contribution < 1.29 is 9.59 Å². The first kappa shape index (κ1) is 14.3. The molecule has 2 aliphatic rings. The Bertz CT molecular complexity index is 321. The summed E-state index contributed by atoms with van der Waals surface area (Å²) < 4.78 is 0. The fraction of sp³-hybridized carbons (Fsp3) is 0.846. The maximum atomic E-state index is 12.2. The Morgan fingerprint density at radius 2 is 2.00 bits per heavy atom. The summed E-state index contributed by atoms with van der Waals surface area (Å²) in [6, 6.07) is 0. The van der Waals surface area contributed by atoms with E-state index in [2.05, 4.69) is 15.5 Å². The van der Waals surface area contributed by atoms with Crippen molar-refractivity contribution >= 4 is 11.8 Å². The van der Waals surface area contributed by atoms with E-state index in [0.29, 0.717) is 13.1 Å². The molecule has 2 rings (SSSR count). The molecule has 2 heterocycles. The number of nitrogens with one attached hydrogen (secondary N) is 2. The lowest BCUT2D eigenvalue weighted by molar-refractivity contribution is -0.136. The van der Waals surface area contributed by atoms with Gasteiger partial charge in [-0.05, 0) is 19.9 Å². The number of nitrogens with zero attached hydrogens (tertiary/aromatic N) is 2. The molecule has 2 saturated heterocycles. The number of rotatable bonds is 4. The number of amides is 2. The summed E-state index contributed by atoms with van der Waals surface area (Å²) in [5.74, 6) is 0.514. The van der Waals surface area contributed by atoms with Crippen LogP contribution in [0.15, 0.2) is 0 Å². The van der Waals surface area contributed by atoms with Crippen LogP contribution in [-0.4, -0.2) is 74.0 Å². The fourth-order valence-corrected chi connectivity index (χ4v) is 2.71. The molecule has 0 aromatic rings. The van der Waals surface area contributed by atoms with Crippen LogP contribution in [0.4, 0.5) is 0 Å². The van der Waals surface area contributed by atoms with E-state index < -0.39 is 0 Å². The number of carbonyl (C=O) groups is 2. The van der Waals surface area contributed by atoms with Gasteiger partial charge in [-0.1, -0.05) is 0 Å². The minimum absolute atomic E-state index is 0.0715. The molecular weight excluding hydrogens is 244 g/mol. The third-order valence-corrected chi connectivity index (χ3v) is 3.83. The largest absolute Gasteiger partial charge is 0.355 e. The lowest BCUT2D eigenvalue weighted by atomic mass is 10.1. The van der Waals surface area contributed by atoms with E-state index in [9.17, 15) is 9.59 Å². The number of carbonyl (C=O) groups excluding carboxylic acids is 2. The van der Waals surface area contributed by atoms with Gasteiger partial charge in [0.15, 0.2) is 0 Å². The van der Waals surface area contributed by atoms with Gasteiger partial charge in [-0.25, -0.2) is 0 Å². The van der Waals surface area contributed by atoms with Gasteiger partial charge in [-0.3, -0.25) is 14.5 Å². The highest BCUT2D eigenvalue weighted by atomic mass is 16.2. The number of hydrogen-bond donors (Lipinski definition) is 2. The second kappa shape index (κ2) is 6.86. The monoisotopic (exact) mass is 268 g/mol. The molecule has 0 aromatic heterocycles. The highest BCUT2D eigenvalue weighted by Gasteiger charge is 2.29. The summed E-state index contributed by atoms with van der Waals surface area (Å²) in [5, 5.41) is 6.03. The van der Waals surface area contributed by atoms with Crippen LogP contribution in [0, 0.1) is 5.92 Å². The van der Waals surface area contributed by atoms with Crippen LogP contribution in [-0.2, 0) is 9.59 Å². The molecule has 0 bridgehead atoms. The highest BCUT2D eigenvalue weighted by Crippen LogP contribution is 2.13. The van der Waals surface area contributed by atoms with E-state index in [-0.39, 0.29) is 17.7 Å². The molecule has 0 spiro atoms. The van der Waals surface area contributed by atoms with Crippen LogP contribution in [0.3, 0.4) is 0 Å². The zero-order valence-corrected chi connectivity index (χ0v) is 11.7. The average molecular weight is 268 g/mol. The molecule has 0 aromatic carbocycles. The summed E-state index contributed by atoms with van der Waals surface area (Å²) in [6.07, 6.45) is 0.956. The Labute approximate surface area is 114 Å². The van der Waals surface area contributed by atoms with Crippen LogP contribution in [0.25, 0.3) is 0 Å². The summed E-state index contributed by atoms with van der Waals surface area (Å²) in [4.78, 5) is 27.8. The standard InChI is InChI=1S/C13H24N4O2/c1-2-15-12(18)10-16-5-7-17(8-6-16)13(19)11-3-4-14-9-11/h11,14H,2-10H2,1H3,(H,15,18). The van der Waals surface area contributed by atoms with Gasteiger partial charge in [0.2, 0.25) is 11.8 Å². The lowest BCUT2D eigenvalue weighted by Gasteiger charge is -2.35. The predicted molar refractivity (Wildman–Crippen MR) is 72.7 cm³/mol. The molecule has 108 valence electrons. The van der Waals surface area contributed by atoms with Crippen molar-refractivity contribution in [2.24, 2.45) is 5.92 Å². The smallest absolute Gasteiger partial charge is 0.234 e. The lowest BCUT2D eigenvalue weighted by Crippen LogP contribution is -2.52. The molecule has 2 N–H and O–H groups in total. The van der Waals surface area contributed by atoms with Gasteiger partial charge >= 0.3 is 0 Å². The van der Waals surface area contributed by atoms with Crippen LogP contribution < -0.4 is 10.6 Å². The number of hydrogen-bond acceptors (Lipinski definition) is 4. The quantitative estimate of drug-likeness (QED) is 0.678. The molecule has 6 heteroatoms. The summed E-state index contributed by atoms with van der Waals surface area (Å²) in [5.41, 5.74) is 0. The van der Waals surface area contributed by atoms with Gasteiger partial charge < -0.3 is 15.5 Å². The molecule has 1 unspecified atom stereocenters. The fourth-order valence-electron chi connectivity index (χ4n) is 2.71. The minimum Gasteiger partial charge on any atom is -0.355 e. The number of piperazine rings is 1. The van der Waals surface area contributed by atoms with Crippen molar-refractivity contribution in [3.8, 4) is 0 Å². The van der Waals surface area contributed by atoms with Gasteiger partial charge in [0, 0.05) is 39.3 Å². The SMILES string of the molecule is CCNC(=O)CN1CCN(C(=O)C2CCNC2)CC1. The first-order chi connectivity index (χ1) is 9.20. The van der Waals surface area contributed by atoms with Crippen LogP contribution in [0.1, 0.15) is 13.3 Å². The van der Waals surface area contributed by atoms with E-state index in [1.165, 1.54) is 0 Å². The predicted octanol–water partition coefficient (Wildman–Crippen LogP) is -1.12. The molecular formula is C13H24N4O2. The van der Waals surface area contributed by atoms with Crippen LogP contribution >= 0.6 is 0 Å². The summed E-state index contributed by atoms with van der Waals surface area (Å²) in [6.45, 7) is 7.89. The second-order valence-electron chi connectivity index (χ2n) is 5.24. The second-order valence-corrected chi connectivity index (χ2v) is 5.24. The average Bonchev–Trinajstić information content (AvgIpc) is 2.93. The normalized spacial score (nSPS) is 24.5. The topological polar surface area (TPSA) is 64.7 Å². The maximum Gasteiger partial charge on any atom is 0.234 e. The Balaban J connectivity index is 1.72. The molecule has 0 saturated carbocycles. The third kappa shape index (κ3) is 3.91. The molecule has 6 nitrogen and oxygen atoms in total. The van der Waals surface area contributed by atoms with Gasteiger partial charge in [0.05, 0.1) is 12.5 Å². The zero-order valence-electron chi connectivity index (χ0n) is 11.7. The van der Waals surface area contributed by atoms with E-state index in [1.807, 2.05) is 11.8 Å². The van der Waals surface area contributed by atoms with Gasteiger partial charge in [0.25, 0.3) is 0 Å². The zero-order chi connectivity index (χ0) is 13.7. The molecule has 2 fully saturated rings. The Hall–Kier alpha value is -1.14. The Morgan fingerprint density at radius 1 is 1.26 bits per heavy atom. The number of likely N-dealkylation sites (N-methyl/N-ethyl adjacent to an activating group) is 1. The Kier molecular flexibility index (Phi) is 5.15. The van der Waals surface area contributed by atoms with Gasteiger partial charge in [-0.15, -0.1) is 0 Å². The van der Waals surface area contributed by atoms with E-state index >= 15 is 0 Å².